The Morgan fingerprint density at radius 2 is 2.09 bits per heavy atom. The lowest BCUT2D eigenvalue weighted by molar-refractivity contribution is -0.125. The van der Waals surface area contributed by atoms with E-state index in [9.17, 15) is 23.8 Å². The largest absolute Gasteiger partial charge is 0.388 e. The molecule has 2 saturated heterocycles. The third-order valence-electron chi connectivity index (χ3n) is 6.58. The van der Waals surface area contributed by atoms with Crippen LogP contribution in [0.15, 0.2) is 29.5 Å². The van der Waals surface area contributed by atoms with Gasteiger partial charge in [-0.25, -0.2) is 18.7 Å². The van der Waals surface area contributed by atoms with Gasteiger partial charge in [0.25, 0.3) is 5.91 Å². The Bertz CT molecular complexity index is 1150. The predicted octanol–water partition coefficient (Wildman–Crippen LogP) is 1.07. The summed E-state index contributed by atoms with van der Waals surface area (Å²) in [4.78, 5) is 27.9. The van der Waals surface area contributed by atoms with Crippen molar-refractivity contribution in [1.82, 2.24) is 14.9 Å². The van der Waals surface area contributed by atoms with Crippen LogP contribution in [-0.4, -0.2) is 80.9 Å². The first-order valence-electron chi connectivity index (χ1n) is 11.1. The van der Waals surface area contributed by atoms with Gasteiger partial charge in [-0.1, -0.05) is 6.07 Å². The van der Waals surface area contributed by atoms with Crippen LogP contribution < -0.4 is 5.32 Å². The van der Waals surface area contributed by atoms with Crippen LogP contribution in [0.3, 0.4) is 0 Å². The number of aromatic nitrogens is 2. The van der Waals surface area contributed by atoms with E-state index >= 15 is 0 Å². The van der Waals surface area contributed by atoms with E-state index in [1.165, 1.54) is 23.4 Å². The monoisotopic (exact) mass is 473 g/mol. The van der Waals surface area contributed by atoms with Gasteiger partial charge in [-0.15, -0.1) is 0 Å². The van der Waals surface area contributed by atoms with Crippen LogP contribution in [0, 0.1) is 12.7 Å². The molecule has 0 unspecified atom stereocenters. The van der Waals surface area contributed by atoms with Crippen LogP contribution in [-0.2, 0) is 16.1 Å². The quantitative estimate of drug-likeness (QED) is 0.608. The minimum absolute atomic E-state index is 0.0205. The summed E-state index contributed by atoms with van der Waals surface area (Å²) < 4.78 is 33.8. The van der Waals surface area contributed by atoms with Gasteiger partial charge in [-0.2, -0.15) is 0 Å². The van der Waals surface area contributed by atoms with E-state index in [0.717, 1.165) is 5.56 Å². The Morgan fingerprint density at radius 3 is 2.91 bits per heavy atom. The van der Waals surface area contributed by atoms with Crippen LogP contribution in [0.4, 0.5) is 14.6 Å². The lowest BCUT2D eigenvalue weighted by Gasteiger charge is -2.33. The molecular weight excluding hydrogens is 448 g/mol. The molecule has 1 aromatic carbocycles. The number of amides is 1. The number of nitrogens with zero attached hydrogens (tertiary/aromatic N) is 4. The first kappa shape index (κ1) is 22.8. The van der Waals surface area contributed by atoms with Gasteiger partial charge in [0.15, 0.2) is 0 Å². The number of aryl methyl sites for hydroxylation is 1. The average Bonchev–Trinajstić information content (AvgIpc) is 3.42. The highest BCUT2D eigenvalue weighted by atomic mass is 19.1. The Kier molecular flexibility index (Phi) is 6.00. The maximum absolute atomic E-state index is 14.5. The van der Waals surface area contributed by atoms with Crippen molar-refractivity contribution in [2.45, 2.75) is 50.4 Å². The number of fused-ring (bicyclic) bond motifs is 1. The second-order valence-electron chi connectivity index (χ2n) is 8.86. The summed E-state index contributed by atoms with van der Waals surface area (Å²) >= 11 is 0. The minimum atomic E-state index is -1.25. The summed E-state index contributed by atoms with van der Waals surface area (Å²) in [7, 11) is 0. The van der Waals surface area contributed by atoms with E-state index in [4.69, 9.17) is 4.74 Å². The molecule has 3 N–H and O–H groups in total. The minimum Gasteiger partial charge on any atom is -0.388 e. The van der Waals surface area contributed by atoms with E-state index < -0.39 is 42.2 Å². The zero-order chi connectivity index (χ0) is 24.0. The van der Waals surface area contributed by atoms with Gasteiger partial charge in [0.2, 0.25) is 0 Å². The Labute approximate surface area is 194 Å². The zero-order valence-electron chi connectivity index (χ0n) is 18.5. The van der Waals surface area contributed by atoms with Crippen LogP contribution in [0.25, 0.3) is 0 Å². The topological polar surface area (TPSA) is 120 Å². The van der Waals surface area contributed by atoms with Crippen molar-refractivity contribution in [3.05, 3.63) is 52.7 Å². The lowest BCUT2D eigenvalue weighted by atomic mass is 9.98. The van der Waals surface area contributed by atoms with Gasteiger partial charge >= 0.3 is 0 Å². The van der Waals surface area contributed by atoms with Crippen LogP contribution in [0.2, 0.25) is 0 Å². The zero-order valence-corrected chi connectivity index (χ0v) is 18.5. The molecule has 5 rings (SSSR count). The number of anilines is 1. The summed E-state index contributed by atoms with van der Waals surface area (Å²) in [5, 5.41) is 23.3. The maximum Gasteiger partial charge on any atom is 0.273 e. The number of carbonyl (C=O) groups excluding carboxylic acids is 1. The van der Waals surface area contributed by atoms with Crippen molar-refractivity contribution >= 4 is 17.4 Å². The standard InChI is InChI=1S/C23H25F2N5O4/c1-11-2-3-12(24)4-14(11)17-5-13(25)7-30(17)23(33)20-19-15(6-26-20)27-10-28-22(19)29-16-8-34-9-18(31)21(16)32/h2-4,10,13,16-18,21,31-32H,5-9H2,1H3,(H,27,28,29)/t13-,16+,17+,18+,21-/m0/s1. The van der Waals surface area contributed by atoms with Crippen molar-refractivity contribution in [3.8, 4) is 0 Å². The highest BCUT2D eigenvalue weighted by Gasteiger charge is 2.41. The number of halogens is 2. The third-order valence-corrected chi connectivity index (χ3v) is 6.58. The second-order valence-corrected chi connectivity index (χ2v) is 8.86. The molecule has 2 fully saturated rings. The van der Waals surface area contributed by atoms with Crippen molar-refractivity contribution in [1.29, 1.82) is 0 Å². The van der Waals surface area contributed by atoms with E-state index in [1.54, 1.807) is 13.0 Å². The lowest BCUT2D eigenvalue weighted by Crippen LogP contribution is -2.51. The Hall–Kier alpha value is -3.02. The molecule has 9 nitrogen and oxygen atoms in total. The molecule has 34 heavy (non-hydrogen) atoms. The third kappa shape index (κ3) is 4.04. The Balaban J connectivity index is 1.45. The van der Waals surface area contributed by atoms with Gasteiger partial charge in [-0.3, -0.25) is 9.79 Å². The molecule has 0 saturated carbocycles. The number of carbonyl (C=O) groups is 1. The number of nitrogens with one attached hydrogen (secondary N) is 1. The van der Waals surface area contributed by atoms with Gasteiger partial charge < -0.3 is 25.2 Å². The normalized spacial score (nSPS) is 28.6. The molecule has 1 amide bonds. The molecule has 0 aliphatic carbocycles. The molecule has 180 valence electrons. The van der Waals surface area contributed by atoms with Crippen LogP contribution >= 0.6 is 0 Å². The molecule has 5 atom stereocenters. The van der Waals surface area contributed by atoms with Gasteiger partial charge in [0, 0.05) is 6.42 Å². The number of ether oxygens (including phenoxy) is 1. The number of rotatable bonds is 4. The Morgan fingerprint density at radius 1 is 1.26 bits per heavy atom. The first-order chi connectivity index (χ1) is 16.3. The predicted molar refractivity (Wildman–Crippen MR) is 118 cm³/mol. The first-order valence-corrected chi connectivity index (χ1v) is 11.1. The molecule has 3 aliphatic rings. The van der Waals surface area contributed by atoms with Crippen LogP contribution in [0.5, 0.6) is 0 Å². The number of likely N-dealkylation sites (tertiary alicyclic amines) is 1. The molecule has 3 aliphatic heterocycles. The number of aliphatic hydroxyl groups is 2. The highest BCUT2D eigenvalue weighted by molar-refractivity contribution is 6.47. The number of benzene rings is 1. The fourth-order valence-electron chi connectivity index (χ4n) is 4.80. The maximum atomic E-state index is 14.5. The SMILES string of the molecule is Cc1ccc(F)cc1[C@H]1C[C@H](F)CN1C(=O)C1=NCc2ncnc(N[C@@H]3COC[C@@H](O)[C@H]3O)c21. The van der Waals surface area contributed by atoms with Crippen molar-refractivity contribution in [3.63, 3.8) is 0 Å². The van der Waals surface area contributed by atoms with E-state index in [-0.39, 0.29) is 44.3 Å². The molecule has 0 bridgehead atoms. The second kappa shape index (κ2) is 8.97. The molecule has 1 aromatic heterocycles. The van der Waals surface area contributed by atoms with Gasteiger partial charge in [0.1, 0.15) is 42.1 Å². The van der Waals surface area contributed by atoms with Crippen LogP contribution in [0.1, 0.15) is 34.8 Å². The summed E-state index contributed by atoms with van der Waals surface area (Å²) in [6.07, 6.45) is -2.02. The van der Waals surface area contributed by atoms with Gasteiger partial charge in [0.05, 0.1) is 49.6 Å². The number of aliphatic hydroxyl groups excluding tert-OH is 2. The van der Waals surface area contributed by atoms with E-state index in [2.05, 4.69) is 20.3 Å². The molecule has 4 heterocycles. The number of aliphatic imine (C=N–C) groups is 1. The number of alkyl halides is 1. The molecule has 11 heteroatoms. The highest BCUT2D eigenvalue weighted by Crippen LogP contribution is 2.37. The molecular formula is C23H25F2N5O4. The van der Waals surface area contributed by atoms with E-state index in [1.807, 2.05) is 0 Å². The van der Waals surface area contributed by atoms with Crippen molar-refractivity contribution in [2.75, 3.05) is 25.1 Å². The molecule has 0 spiro atoms. The fraction of sp³-hybridized carbons (Fsp3) is 0.478. The van der Waals surface area contributed by atoms with Gasteiger partial charge in [-0.05, 0) is 30.2 Å². The summed E-state index contributed by atoms with van der Waals surface area (Å²) in [6, 6.07) is 3.00. The summed E-state index contributed by atoms with van der Waals surface area (Å²) in [6.45, 7) is 1.97. The molecule has 2 aromatic rings. The number of hydrogen-bond acceptors (Lipinski definition) is 8. The smallest absolute Gasteiger partial charge is 0.273 e. The average molecular weight is 473 g/mol. The summed E-state index contributed by atoms with van der Waals surface area (Å²) in [5.41, 5.74) is 2.30. The molecule has 0 radical (unpaired) electrons. The van der Waals surface area contributed by atoms with Crippen molar-refractivity contribution < 1.29 is 28.5 Å². The fourth-order valence-corrected chi connectivity index (χ4v) is 4.80. The summed E-state index contributed by atoms with van der Waals surface area (Å²) in [5.74, 6) is -0.675. The van der Waals surface area contributed by atoms with E-state index in [0.29, 0.717) is 16.8 Å². The van der Waals surface area contributed by atoms with Crippen molar-refractivity contribution in [2.24, 2.45) is 4.99 Å². The number of hydrogen-bond donors (Lipinski definition) is 3.